The van der Waals surface area contributed by atoms with Crippen molar-refractivity contribution in [1.29, 1.82) is 0 Å². The summed E-state index contributed by atoms with van der Waals surface area (Å²) < 4.78 is 20.6. The molecule has 1 heterocycles. The lowest BCUT2D eigenvalue weighted by Crippen LogP contribution is -2.11. The summed E-state index contributed by atoms with van der Waals surface area (Å²) in [7, 11) is 2.67. The smallest absolute Gasteiger partial charge is 0.377 e. The maximum absolute atomic E-state index is 11.8. The molecule has 0 fully saturated rings. The third-order valence-corrected chi connectivity index (χ3v) is 4.14. The fourth-order valence-electron chi connectivity index (χ4n) is 2.37. The number of carbonyl (C=O) groups is 1. The molecule has 1 aromatic heterocycles. The van der Waals surface area contributed by atoms with E-state index in [0.717, 1.165) is 5.56 Å². The molecule has 3 aromatic rings. The molecule has 0 unspecified atom stereocenters. The van der Waals surface area contributed by atoms with Gasteiger partial charge in [0, 0.05) is 5.56 Å². The minimum atomic E-state index is -0.660. The lowest BCUT2D eigenvalue weighted by Gasteiger charge is -2.11. The Morgan fingerprint density at radius 3 is 2.68 bits per heavy atom. The zero-order chi connectivity index (χ0) is 20.1. The van der Waals surface area contributed by atoms with Gasteiger partial charge in [-0.3, -0.25) is 0 Å². The molecular weight excluding hydrogens is 384 g/mol. The van der Waals surface area contributed by atoms with Crippen molar-refractivity contribution in [3.05, 3.63) is 65.1 Å². The SMILES string of the molecule is CO/C=C(\Oc1cc(-c2noc(-c3ccccc3Cl)n2)ccc1C)C(=O)OC. The van der Waals surface area contributed by atoms with Crippen LogP contribution in [0.4, 0.5) is 0 Å². The van der Waals surface area contributed by atoms with Gasteiger partial charge in [0.25, 0.3) is 5.89 Å². The number of ether oxygens (including phenoxy) is 3. The number of halogens is 1. The van der Waals surface area contributed by atoms with E-state index < -0.39 is 5.97 Å². The van der Waals surface area contributed by atoms with Crippen LogP contribution in [0.1, 0.15) is 5.56 Å². The van der Waals surface area contributed by atoms with Crippen molar-refractivity contribution in [2.75, 3.05) is 14.2 Å². The molecule has 0 bridgehead atoms. The lowest BCUT2D eigenvalue weighted by atomic mass is 10.1. The first-order chi connectivity index (χ1) is 13.5. The van der Waals surface area contributed by atoms with Crippen LogP contribution in [0, 0.1) is 6.92 Å². The van der Waals surface area contributed by atoms with Crippen LogP contribution in [0.25, 0.3) is 22.8 Å². The molecule has 0 atom stereocenters. The van der Waals surface area contributed by atoms with Gasteiger partial charge in [-0.05, 0) is 30.7 Å². The Balaban J connectivity index is 1.93. The van der Waals surface area contributed by atoms with E-state index in [-0.39, 0.29) is 5.76 Å². The predicted molar refractivity (Wildman–Crippen MR) is 103 cm³/mol. The summed E-state index contributed by atoms with van der Waals surface area (Å²) in [5, 5.41) is 4.52. The Morgan fingerprint density at radius 1 is 1.18 bits per heavy atom. The number of rotatable bonds is 6. The summed E-state index contributed by atoms with van der Waals surface area (Å²) in [6.45, 7) is 1.84. The molecule has 8 heteroatoms. The van der Waals surface area contributed by atoms with Crippen molar-refractivity contribution in [1.82, 2.24) is 10.1 Å². The van der Waals surface area contributed by atoms with E-state index >= 15 is 0 Å². The van der Waals surface area contributed by atoms with Gasteiger partial charge in [-0.1, -0.05) is 41.0 Å². The maximum atomic E-state index is 11.8. The van der Waals surface area contributed by atoms with Gasteiger partial charge in [0.1, 0.15) is 12.0 Å². The fraction of sp³-hybridized carbons (Fsp3) is 0.150. The second-order valence-corrected chi connectivity index (χ2v) is 6.10. The second kappa shape index (κ2) is 8.58. The number of hydrogen-bond acceptors (Lipinski definition) is 7. The van der Waals surface area contributed by atoms with E-state index in [0.29, 0.717) is 33.6 Å². The van der Waals surface area contributed by atoms with Gasteiger partial charge < -0.3 is 18.7 Å². The highest BCUT2D eigenvalue weighted by Crippen LogP contribution is 2.30. The molecule has 0 aliphatic rings. The monoisotopic (exact) mass is 400 g/mol. The molecule has 0 aliphatic heterocycles. The summed E-state index contributed by atoms with van der Waals surface area (Å²) in [5.74, 6) is 0.339. The van der Waals surface area contributed by atoms with Gasteiger partial charge in [-0.15, -0.1) is 0 Å². The second-order valence-electron chi connectivity index (χ2n) is 5.69. The quantitative estimate of drug-likeness (QED) is 0.344. The van der Waals surface area contributed by atoms with E-state index in [1.165, 1.54) is 20.5 Å². The highest BCUT2D eigenvalue weighted by Gasteiger charge is 2.17. The van der Waals surface area contributed by atoms with E-state index in [1.54, 1.807) is 18.2 Å². The van der Waals surface area contributed by atoms with Gasteiger partial charge in [0.05, 0.1) is 24.8 Å². The summed E-state index contributed by atoms with van der Waals surface area (Å²) in [4.78, 5) is 16.2. The van der Waals surface area contributed by atoms with Crippen molar-refractivity contribution >= 4 is 17.6 Å². The van der Waals surface area contributed by atoms with Gasteiger partial charge in [0.2, 0.25) is 11.6 Å². The molecule has 144 valence electrons. The average Bonchev–Trinajstić information content (AvgIpc) is 3.18. The molecular formula is C20H17ClN2O5. The van der Waals surface area contributed by atoms with Crippen molar-refractivity contribution < 1.29 is 23.5 Å². The van der Waals surface area contributed by atoms with Crippen LogP contribution in [0.2, 0.25) is 5.02 Å². The molecule has 2 aromatic carbocycles. The number of carbonyl (C=O) groups excluding carboxylic acids is 1. The molecule has 0 N–H and O–H groups in total. The number of hydrogen-bond donors (Lipinski definition) is 0. The van der Waals surface area contributed by atoms with Crippen LogP contribution in [0.5, 0.6) is 5.75 Å². The summed E-state index contributed by atoms with van der Waals surface area (Å²) in [5.41, 5.74) is 2.08. The third kappa shape index (κ3) is 4.15. The zero-order valence-electron chi connectivity index (χ0n) is 15.4. The summed E-state index contributed by atoms with van der Waals surface area (Å²) >= 11 is 6.18. The number of nitrogens with zero attached hydrogens (tertiary/aromatic N) is 2. The highest BCUT2D eigenvalue weighted by molar-refractivity contribution is 6.33. The molecule has 28 heavy (non-hydrogen) atoms. The van der Waals surface area contributed by atoms with E-state index in [2.05, 4.69) is 10.1 Å². The largest absolute Gasteiger partial charge is 0.500 e. The average molecular weight is 401 g/mol. The molecule has 0 saturated heterocycles. The van der Waals surface area contributed by atoms with E-state index in [9.17, 15) is 4.79 Å². The lowest BCUT2D eigenvalue weighted by molar-refractivity contribution is -0.138. The summed E-state index contributed by atoms with van der Waals surface area (Å²) in [6.07, 6.45) is 1.17. The first-order valence-corrected chi connectivity index (χ1v) is 8.60. The minimum absolute atomic E-state index is 0.0879. The molecule has 0 aliphatic carbocycles. The number of methoxy groups -OCH3 is 2. The van der Waals surface area contributed by atoms with Crippen molar-refractivity contribution in [3.8, 4) is 28.6 Å². The van der Waals surface area contributed by atoms with Crippen molar-refractivity contribution in [2.45, 2.75) is 6.92 Å². The first kappa shape index (κ1) is 19.4. The van der Waals surface area contributed by atoms with Crippen LogP contribution in [-0.2, 0) is 14.3 Å². The Morgan fingerprint density at radius 2 is 1.96 bits per heavy atom. The van der Waals surface area contributed by atoms with Crippen LogP contribution < -0.4 is 4.74 Å². The maximum Gasteiger partial charge on any atom is 0.377 e. The molecule has 0 amide bonds. The number of benzene rings is 2. The normalized spacial score (nSPS) is 11.2. The molecule has 0 radical (unpaired) electrons. The van der Waals surface area contributed by atoms with Crippen molar-refractivity contribution in [3.63, 3.8) is 0 Å². The zero-order valence-corrected chi connectivity index (χ0v) is 16.2. The van der Waals surface area contributed by atoms with Gasteiger partial charge in [0.15, 0.2) is 0 Å². The fourth-order valence-corrected chi connectivity index (χ4v) is 2.59. The molecule has 0 spiro atoms. The van der Waals surface area contributed by atoms with Crippen LogP contribution in [0.15, 0.2) is 59.0 Å². The Labute approximate surface area is 166 Å². The topological polar surface area (TPSA) is 83.7 Å². The van der Waals surface area contributed by atoms with Crippen LogP contribution in [0.3, 0.4) is 0 Å². The van der Waals surface area contributed by atoms with E-state index in [4.69, 9.17) is 30.3 Å². The van der Waals surface area contributed by atoms with E-state index in [1.807, 2.05) is 31.2 Å². The predicted octanol–water partition coefficient (Wildman–Crippen LogP) is 4.41. The Hall–Kier alpha value is -3.32. The molecule has 7 nitrogen and oxygen atoms in total. The standard InChI is InChI=1S/C20H17ClN2O5/c1-12-8-9-13(10-16(12)27-17(11-25-2)20(24)26-3)18-22-19(28-23-18)14-6-4-5-7-15(14)21/h4-11H,1-3H3/b17-11-. The Bertz CT molecular complexity index is 1030. The van der Waals surface area contributed by atoms with Gasteiger partial charge >= 0.3 is 5.97 Å². The third-order valence-electron chi connectivity index (χ3n) is 3.81. The van der Waals surface area contributed by atoms with Gasteiger partial charge in [-0.2, -0.15) is 4.98 Å². The summed E-state index contributed by atoms with van der Waals surface area (Å²) in [6, 6.07) is 12.5. The number of esters is 1. The Kier molecular flexibility index (Phi) is 5.96. The number of aromatic nitrogens is 2. The first-order valence-electron chi connectivity index (χ1n) is 8.22. The van der Waals surface area contributed by atoms with Gasteiger partial charge in [-0.25, -0.2) is 4.79 Å². The van der Waals surface area contributed by atoms with Crippen LogP contribution in [-0.4, -0.2) is 30.3 Å². The molecule has 3 rings (SSSR count). The minimum Gasteiger partial charge on any atom is -0.500 e. The molecule has 0 saturated carbocycles. The highest BCUT2D eigenvalue weighted by atomic mass is 35.5. The van der Waals surface area contributed by atoms with Crippen LogP contribution >= 0.6 is 11.6 Å². The number of aryl methyl sites for hydroxylation is 1. The van der Waals surface area contributed by atoms with Crippen molar-refractivity contribution in [2.24, 2.45) is 0 Å².